The molecule has 0 spiro atoms. The summed E-state index contributed by atoms with van der Waals surface area (Å²) in [6, 6.07) is 7.45. The third kappa shape index (κ3) is 9.53. The van der Waals surface area contributed by atoms with E-state index in [1.165, 1.54) is 4.31 Å². The first-order valence-corrected chi connectivity index (χ1v) is 11.8. The van der Waals surface area contributed by atoms with Crippen molar-refractivity contribution >= 4 is 21.9 Å². The first-order valence-electron chi connectivity index (χ1n) is 10.2. The Bertz CT molecular complexity index is 856. The molecular weight excluding hydrogens is 451 g/mol. The molecule has 1 heterocycles. The van der Waals surface area contributed by atoms with E-state index >= 15 is 0 Å². The highest BCUT2D eigenvalue weighted by Crippen LogP contribution is 2.13. The van der Waals surface area contributed by atoms with Gasteiger partial charge in [-0.1, -0.05) is 31.0 Å². The molecular formula is C20H30F3N3O5S. The van der Waals surface area contributed by atoms with Gasteiger partial charge >= 0.3 is 12.1 Å². The van der Waals surface area contributed by atoms with Crippen LogP contribution in [0.3, 0.4) is 0 Å². The number of piperazine rings is 1. The third-order valence-electron chi connectivity index (χ3n) is 4.66. The van der Waals surface area contributed by atoms with Crippen LogP contribution < -0.4 is 5.32 Å². The van der Waals surface area contributed by atoms with Crippen molar-refractivity contribution in [2.45, 2.75) is 32.9 Å². The van der Waals surface area contributed by atoms with Crippen LogP contribution >= 0.6 is 0 Å². The Morgan fingerprint density at radius 3 is 2.28 bits per heavy atom. The van der Waals surface area contributed by atoms with Gasteiger partial charge in [0.25, 0.3) is 5.91 Å². The van der Waals surface area contributed by atoms with Crippen molar-refractivity contribution in [1.82, 2.24) is 14.5 Å². The summed E-state index contributed by atoms with van der Waals surface area (Å²) in [7, 11) is -3.33. The molecule has 2 rings (SSSR count). The number of alkyl halides is 3. The molecule has 0 aliphatic carbocycles. The lowest BCUT2D eigenvalue weighted by atomic mass is 10.1. The van der Waals surface area contributed by atoms with Crippen molar-refractivity contribution in [3.8, 4) is 0 Å². The molecule has 1 aliphatic heterocycles. The van der Waals surface area contributed by atoms with Crippen LogP contribution in [0.2, 0.25) is 0 Å². The van der Waals surface area contributed by atoms with Crippen LogP contribution in [-0.4, -0.2) is 85.8 Å². The van der Waals surface area contributed by atoms with Crippen molar-refractivity contribution in [2.75, 3.05) is 45.0 Å². The SMILES string of the molecule is CCCCN(CCS(=O)(=O)N1CCNCC1)C(=O)c1cccc(C)c1.O=C(O)C(F)(F)F. The number of nitrogens with zero attached hydrogens (tertiary/aromatic N) is 2. The fraction of sp³-hybridized carbons (Fsp3) is 0.600. The summed E-state index contributed by atoms with van der Waals surface area (Å²) in [6.07, 6.45) is -3.26. The average Bonchev–Trinajstić information content (AvgIpc) is 2.74. The molecule has 1 amide bonds. The van der Waals surface area contributed by atoms with E-state index in [1.807, 2.05) is 25.1 Å². The highest BCUT2D eigenvalue weighted by Gasteiger charge is 2.38. The second-order valence-corrected chi connectivity index (χ2v) is 9.37. The van der Waals surface area contributed by atoms with E-state index < -0.39 is 22.2 Å². The number of benzene rings is 1. The lowest BCUT2D eigenvalue weighted by Gasteiger charge is -2.28. The molecule has 0 bridgehead atoms. The van der Waals surface area contributed by atoms with Gasteiger partial charge in [0.05, 0.1) is 5.75 Å². The molecule has 1 fully saturated rings. The van der Waals surface area contributed by atoms with Gasteiger partial charge in [-0.05, 0) is 25.5 Å². The molecule has 182 valence electrons. The van der Waals surface area contributed by atoms with Crippen LogP contribution in [0.1, 0.15) is 35.7 Å². The lowest BCUT2D eigenvalue weighted by molar-refractivity contribution is -0.192. The van der Waals surface area contributed by atoms with E-state index in [-0.39, 0.29) is 18.2 Å². The zero-order valence-corrected chi connectivity index (χ0v) is 19.0. The molecule has 1 aromatic carbocycles. The van der Waals surface area contributed by atoms with E-state index in [1.54, 1.807) is 11.0 Å². The van der Waals surface area contributed by atoms with Crippen molar-refractivity contribution in [3.63, 3.8) is 0 Å². The molecule has 0 aromatic heterocycles. The van der Waals surface area contributed by atoms with Crippen molar-refractivity contribution in [1.29, 1.82) is 0 Å². The number of sulfonamides is 1. The Labute approximate surface area is 186 Å². The van der Waals surface area contributed by atoms with Crippen LogP contribution in [0, 0.1) is 6.92 Å². The summed E-state index contributed by atoms with van der Waals surface area (Å²) in [5.41, 5.74) is 1.64. The summed E-state index contributed by atoms with van der Waals surface area (Å²) in [5, 5.41) is 10.3. The van der Waals surface area contributed by atoms with Gasteiger partial charge in [-0.3, -0.25) is 4.79 Å². The Kier molecular flexibility index (Phi) is 11.1. The molecule has 32 heavy (non-hydrogen) atoms. The molecule has 0 radical (unpaired) electrons. The number of rotatable bonds is 8. The number of hydrogen-bond donors (Lipinski definition) is 2. The van der Waals surface area contributed by atoms with Gasteiger partial charge in [-0.15, -0.1) is 0 Å². The molecule has 1 aromatic rings. The van der Waals surface area contributed by atoms with Gasteiger partial charge in [-0.25, -0.2) is 13.2 Å². The summed E-state index contributed by atoms with van der Waals surface area (Å²) < 4.78 is 58.3. The maximum atomic E-state index is 12.8. The lowest BCUT2D eigenvalue weighted by Crippen LogP contribution is -2.48. The van der Waals surface area contributed by atoms with Crippen LogP contribution in [0.15, 0.2) is 24.3 Å². The molecule has 0 unspecified atom stereocenters. The number of amides is 1. The number of halogens is 3. The van der Waals surface area contributed by atoms with Gasteiger partial charge in [0, 0.05) is 44.8 Å². The zero-order valence-electron chi connectivity index (χ0n) is 18.2. The minimum atomic E-state index is -5.08. The number of nitrogens with one attached hydrogen (secondary N) is 1. The largest absolute Gasteiger partial charge is 0.490 e. The molecule has 8 nitrogen and oxygen atoms in total. The van der Waals surface area contributed by atoms with Gasteiger partial charge in [-0.2, -0.15) is 17.5 Å². The standard InChI is InChI=1S/C18H29N3O3S.C2HF3O2/c1-3-4-10-20(18(22)17-7-5-6-16(2)15-17)13-14-25(23,24)21-11-8-19-9-12-21;3-2(4,5)1(6)7/h5-7,15,19H,3-4,8-14H2,1-2H3;(H,6,7). The average molecular weight is 482 g/mol. The van der Waals surface area contributed by atoms with E-state index in [4.69, 9.17) is 9.90 Å². The predicted molar refractivity (Wildman–Crippen MR) is 114 cm³/mol. The maximum absolute atomic E-state index is 12.8. The van der Waals surface area contributed by atoms with Crippen molar-refractivity contribution in [3.05, 3.63) is 35.4 Å². The molecule has 1 aliphatic rings. The number of aryl methyl sites for hydroxylation is 1. The molecule has 2 N–H and O–H groups in total. The van der Waals surface area contributed by atoms with Crippen LogP contribution in [0.5, 0.6) is 0 Å². The van der Waals surface area contributed by atoms with Gasteiger partial charge in [0.2, 0.25) is 10.0 Å². The first-order chi connectivity index (χ1) is 14.9. The van der Waals surface area contributed by atoms with Gasteiger partial charge < -0.3 is 15.3 Å². The van der Waals surface area contributed by atoms with E-state index in [9.17, 15) is 26.4 Å². The third-order valence-corrected chi connectivity index (χ3v) is 6.52. The van der Waals surface area contributed by atoms with Crippen LogP contribution in [0.25, 0.3) is 0 Å². The fourth-order valence-corrected chi connectivity index (χ4v) is 4.35. The Balaban J connectivity index is 0.000000633. The highest BCUT2D eigenvalue weighted by molar-refractivity contribution is 7.89. The maximum Gasteiger partial charge on any atom is 0.490 e. The van der Waals surface area contributed by atoms with Crippen LogP contribution in [0.4, 0.5) is 13.2 Å². The summed E-state index contributed by atoms with van der Waals surface area (Å²) in [4.78, 5) is 23.4. The van der Waals surface area contributed by atoms with Crippen molar-refractivity contribution < 1.29 is 36.3 Å². The Hall–Kier alpha value is -2.18. The quantitative estimate of drug-likeness (QED) is 0.589. The second kappa shape index (κ2) is 12.8. The molecule has 0 atom stereocenters. The normalized spacial score (nSPS) is 14.9. The molecule has 0 saturated carbocycles. The minimum Gasteiger partial charge on any atom is -0.475 e. The fourth-order valence-electron chi connectivity index (χ4n) is 2.90. The van der Waals surface area contributed by atoms with Crippen molar-refractivity contribution in [2.24, 2.45) is 0 Å². The monoisotopic (exact) mass is 481 g/mol. The van der Waals surface area contributed by atoms with Gasteiger partial charge in [0.15, 0.2) is 0 Å². The number of hydrogen-bond acceptors (Lipinski definition) is 5. The van der Waals surface area contributed by atoms with Crippen LogP contribution in [-0.2, 0) is 14.8 Å². The minimum absolute atomic E-state index is 0.0196. The highest BCUT2D eigenvalue weighted by atomic mass is 32.2. The number of carboxylic acids is 1. The summed E-state index contributed by atoms with van der Waals surface area (Å²) in [5.74, 6) is -2.87. The topological polar surface area (TPSA) is 107 Å². The first kappa shape index (κ1) is 27.9. The number of carbonyl (C=O) groups excluding carboxylic acids is 1. The summed E-state index contributed by atoms with van der Waals surface area (Å²) in [6.45, 7) is 7.20. The van der Waals surface area contributed by atoms with E-state index in [0.29, 0.717) is 38.3 Å². The smallest absolute Gasteiger partial charge is 0.475 e. The Morgan fingerprint density at radius 2 is 1.78 bits per heavy atom. The van der Waals surface area contributed by atoms with E-state index in [2.05, 4.69) is 12.2 Å². The number of unbranched alkanes of at least 4 members (excludes halogenated alkanes) is 1. The summed E-state index contributed by atoms with van der Waals surface area (Å²) >= 11 is 0. The second-order valence-electron chi connectivity index (χ2n) is 7.28. The van der Waals surface area contributed by atoms with E-state index in [0.717, 1.165) is 18.4 Å². The zero-order chi connectivity index (χ0) is 24.4. The molecule has 12 heteroatoms. The predicted octanol–water partition coefficient (Wildman–Crippen LogP) is 2.11. The number of carboxylic acid groups (broad SMARTS) is 1. The Morgan fingerprint density at radius 1 is 1.19 bits per heavy atom. The number of aliphatic carboxylic acids is 1. The molecule has 1 saturated heterocycles. The number of carbonyl (C=O) groups is 2. The van der Waals surface area contributed by atoms with Gasteiger partial charge in [0.1, 0.15) is 0 Å².